The molecule has 0 radical (unpaired) electrons. The topological polar surface area (TPSA) is 20.2 Å². The van der Waals surface area contributed by atoms with Crippen LogP contribution in [0.5, 0.6) is 5.75 Å². The molecule has 0 saturated carbocycles. The average Bonchev–Trinajstić information content (AvgIpc) is 2.26. The number of halogens is 3. The molecule has 0 atom stereocenters. The standard InChI is InChI=1S/C12H7Cl2FO/c13-9-5-4-7(6-10(9)14)8-2-1-3-11(16)12(8)15/h1-6,16H. The molecule has 0 aliphatic heterocycles. The van der Waals surface area contributed by atoms with E-state index in [4.69, 9.17) is 23.2 Å². The number of phenolic OH excluding ortho intramolecular Hbond substituents is 1. The average molecular weight is 257 g/mol. The molecule has 0 aliphatic rings. The highest BCUT2D eigenvalue weighted by molar-refractivity contribution is 6.42. The lowest BCUT2D eigenvalue weighted by Gasteiger charge is -2.06. The summed E-state index contributed by atoms with van der Waals surface area (Å²) in [5.74, 6) is -1.05. The molecule has 4 heteroatoms. The van der Waals surface area contributed by atoms with Crippen LogP contribution in [0.4, 0.5) is 4.39 Å². The lowest BCUT2D eigenvalue weighted by Crippen LogP contribution is -1.85. The van der Waals surface area contributed by atoms with Crippen LogP contribution in [-0.4, -0.2) is 5.11 Å². The minimum Gasteiger partial charge on any atom is -0.505 e. The van der Waals surface area contributed by atoms with Crippen LogP contribution in [0.15, 0.2) is 36.4 Å². The second-order valence-corrected chi connectivity index (χ2v) is 4.08. The van der Waals surface area contributed by atoms with Crippen LogP contribution in [0, 0.1) is 5.82 Å². The van der Waals surface area contributed by atoms with Gasteiger partial charge in [-0.15, -0.1) is 0 Å². The van der Waals surface area contributed by atoms with Crippen molar-refractivity contribution in [3.63, 3.8) is 0 Å². The van der Waals surface area contributed by atoms with Crippen LogP contribution >= 0.6 is 23.2 Å². The molecule has 0 spiro atoms. The molecule has 0 saturated heterocycles. The number of phenols is 1. The number of hydrogen-bond acceptors (Lipinski definition) is 1. The lowest BCUT2D eigenvalue weighted by atomic mass is 10.0. The van der Waals surface area contributed by atoms with Crippen LogP contribution in [0.1, 0.15) is 0 Å². The molecule has 0 aliphatic carbocycles. The SMILES string of the molecule is Oc1cccc(-c2ccc(Cl)c(Cl)c2)c1F. The van der Waals surface area contributed by atoms with Gasteiger partial charge in [-0.25, -0.2) is 4.39 Å². The van der Waals surface area contributed by atoms with E-state index in [-0.39, 0.29) is 5.75 Å². The normalized spacial score (nSPS) is 10.4. The zero-order valence-corrected chi connectivity index (χ0v) is 9.56. The highest BCUT2D eigenvalue weighted by Gasteiger charge is 2.10. The first-order chi connectivity index (χ1) is 7.59. The fourth-order valence-corrected chi connectivity index (χ4v) is 1.70. The summed E-state index contributed by atoms with van der Waals surface area (Å²) >= 11 is 11.6. The van der Waals surface area contributed by atoms with Gasteiger partial charge >= 0.3 is 0 Å². The molecular formula is C12H7Cl2FO. The Labute approximate surface area is 102 Å². The minimum absolute atomic E-state index is 0.290. The summed E-state index contributed by atoms with van der Waals surface area (Å²) < 4.78 is 13.6. The van der Waals surface area contributed by atoms with Gasteiger partial charge < -0.3 is 5.11 Å². The van der Waals surface area contributed by atoms with Gasteiger partial charge in [-0.2, -0.15) is 0 Å². The molecule has 2 rings (SSSR count). The summed E-state index contributed by atoms with van der Waals surface area (Å²) in [5.41, 5.74) is 0.862. The van der Waals surface area contributed by atoms with Crippen LogP contribution in [-0.2, 0) is 0 Å². The summed E-state index contributed by atoms with van der Waals surface area (Å²) in [4.78, 5) is 0. The summed E-state index contributed by atoms with van der Waals surface area (Å²) in [6, 6.07) is 9.21. The van der Waals surface area contributed by atoms with Gasteiger partial charge in [-0.05, 0) is 23.8 Å². The van der Waals surface area contributed by atoms with Gasteiger partial charge in [-0.3, -0.25) is 0 Å². The maximum absolute atomic E-state index is 13.6. The van der Waals surface area contributed by atoms with Crippen molar-refractivity contribution in [2.45, 2.75) is 0 Å². The maximum atomic E-state index is 13.6. The molecule has 0 fully saturated rings. The van der Waals surface area contributed by atoms with Crippen LogP contribution in [0.3, 0.4) is 0 Å². The van der Waals surface area contributed by atoms with Gasteiger partial charge in [0.15, 0.2) is 11.6 Å². The third-order valence-corrected chi connectivity index (χ3v) is 2.95. The predicted octanol–water partition coefficient (Wildman–Crippen LogP) is 4.51. The summed E-state index contributed by atoms with van der Waals surface area (Å²) in [5, 5.41) is 10.0. The van der Waals surface area contributed by atoms with E-state index in [1.807, 2.05) is 0 Å². The molecule has 0 unspecified atom stereocenters. The minimum atomic E-state index is -0.666. The fourth-order valence-electron chi connectivity index (χ4n) is 1.41. The Morgan fingerprint density at radius 3 is 2.44 bits per heavy atom. The van der Waals surface area contributed by atoms with E-state index in [1.54, 1.807) is 30.3 Å². The molecule has 2 aromatic carbocycles. The zero-order chi connectivity index (χ0) is 11.7. The van der Waals surface area contributed by atoms with Gasteiger partial charge in [-0.1, -0.05) is 41.4 Å². The number of aromatic hydroxyl groups is 1. The van der Waals surface area contributed by atoms with Gasteiger partial charge in [0.05, 0.1) is 10.0 Å². The molecule has 2 aromatic rings. The van der Waals surface area contributed by atoms with Crippen LogP contribution < -0.4 is 0 Å². The third-order valence-electron chi connectivity index (χ3n) is 2.21. The van der Waals surface area contributed by atoms with E-state index in [2.05, 4.69) is 0 Å². The monoisotopic (exact) mass is 256 g/mol. The van der Waals surface area contributed by atoms with E-state index in [0.29, 0.717) is 21.2 Å². The Hall–Kier alpha value is -1.25. The van der Waals surface area contributed by atoms with Crippen molar-refractivity contribution in [2.24, 2.45) is 0 Å². The molecule has 0 bridgehead atoms. The number of hydrogen-bond donors (Lipinski definition) is 1. The second kappa shape index (κ2) is 4.32. The van der Waals surface area contributed by atoms with E-state index >= 15 is 0 Å². The van der Waals surface area contributed by atoms with E-state index < -0.39 is 5.82 Å². The van der Waals surface area contributed by atoms with Crippen molar-refractivity contribution in [2.75, 3.05) is 0 Å². The first-order valence-corrected chi connectivity index (χ1v) is 5.28. The Kier molecular flexibility index (Phi) is 3.03. The highest BCUT2D eigenvalue weighted by atomic mass is 35.5. The van der Waals surface area contributed by atoms with Crippen molar-refractivity contribution in [3.05, 3.63) is 52.3 Å². The van der Waals surface area contributed by atoms with Gasteiger partial charge in [0.25, 0.3) is 0 Å². The Morgan fingerprint density at radius 2 is 1.75 bits per heavy atom. The van der Waals surface area contributed by atoms with Crippen LogP contribution in [0.2, 0.25) is 10.0 Å². The van der Waals surface area contributed by atoms with E-state index in [9.17, 15) is 9.50 Å². The van der Waals surface area contributed by atoms with Crippen molar-refractivity contribution in [1.29, 1.82) is 0 Å². The lowest BCUT2D eigenvalue weighted by molar-refractivity contribution is 0.433. The number of rotatable bonds is 1. The van der Waals surface area contributed by atoms with E-state index in [1.165, 1.54) is 6.07 Å². The van der Waals surface area contributed by atoms with Gasteiger partial charge in [0.1, 0.15) is 0 Å². The van der Waals surface area contributed by atoms with Gasteiger partial charge in [0.2, 0.25) is 0 Å². The second-order valence-electron chi connectivity index (χ2n) is 3.27. The Morgan fingerprint density at radius 1 is 1.00 bits per heavy atom. The third kappa shape index (κ3) is 1.99. The van der Waals surface area contributed by atoms with Crippen molar-refractivity contribution in [3.8, 4) is 16.9 Å². The van der Waals surface area contributed by atoms with Gasteiger partial charge in [0, 0.05) is 5.56 Å². The molecule has 0 heterocycles. The quantitative estimate of drug-likeness (QED) is 0.797. The highest BCUT2D eigenvalue weighted by Crippen LogP contribution is 2.32. The zero-order valence-electron chi connectivity index (χ0n) is 8.05. The Balaban J connectivity index is 2.59. The first kappa shape index (κ1) is 11.2. The molecular weight excluding hydrogens is 250 g/mol. The van der Waals surface area contributed by atoms with Crippen molar-refractivity contribution >= 4 is 23.2 Å². The molecule has 82 valence electrons. The molecule has 1 nitrogen and oxygen atoms in total. The summed E-state index contributed by atoms with van der Waals surface area (Å²) in [6.45, 7) is 0. The fraction of sp³-hybridized carbons (Fsp3) is 0. The summed E-state index contributed by atoms with van der Waals surface area (Å²) in [7, 11) is 0. The summed E-state index contributed by atoms with van der Waals surface area (Å²) in [6.07, 6.45) is 0. The molecule has 1 N–H and O–H groups in total. The first-order valence-electron chi connectivity index (χ1n) is 4.52. The van der Waals surface area contributed by atoms with Crippen molar-refractivity contribution < 1.29 is 9.50 Å². The molecule has 0 aromatic heterocycles. The predicted molar refractivity (Wildman–Crippen MR) is 63.5 cm³/mol. The maximum Gasteiger partial charge on any atom is 0.172 e. The largest absolute Gasteiger partial charge is 0.505 e. The number of benzene rings is 2. The van der Waals surface area contributed by atoms with Crippen LogP contribution in [0.25, 0.3) is 11.1 Å². The smallest absolute Gasteiger partial charge is 0.172 e. The van der Waals surface area contributed by atoms with Crippen molar-refractivity contribution in [1.82, 2.24) is 0 Å². The van der Waals surface area contributed by atoms with E-state index in [0.717, 1.165) is 0 Å². The molecule has 0 amide bonds. The molecule has 16 heavy (non-hydrogen) atoms. The Bertz CT molecular complexity index is 541.